The van der Waals surface area contributed by atoms with Gasteiger partial charge in [-0.2, -0.15) is 0 Å². The number of esters is 1. The molecule has 1 fully saturated rings. The highest BCUT2D eigenvalue weighted by Crippen LogP contribution is 2.08. The Morgan fingerprint density at radius 3 is 2.77 bits per heavy atom. The topological polar surface area (TPSA) is 120 Å². The fraction of sp³-hybridized carbons (Fsp3) is 0.538. The number of ether oxygens (including phenoxy) is 1. The van der Waals surface area contributed by atoms with E-state index in [1.807, 2.05) is 0 Å². The molecule has 0 saturated carbocycles. The first-order chi connectivity index (χ1) is 10.7. The first kappa shape index (κ1) is 16.0. The Bertz CT molecular complexity index is 512. The summed E-state index contributed by atoms with van der Waals surface area (Å²) in [5, 5.41) is 7.04. The highest BCUT2D eigenvalue weighted by molar-refractivity contribution is 5.97. The van der Waals surface area contributed by atoms with E-state index in [0.717, 1.165) is 26.2 Å². The zero-order valence-electron chi connectivity index (χ0n) is 12.5. The molecule has 0 aliphatic carbocycles. The fourth-order valence-electron chi connectivity index (χ4n) is 1.92. The van der Waals surface area contributed by atoms with Crippen LogP contribution in [0.15, 0.2) is 17.5 Å². The average Bonchev–Trinajstić information content (AvgIpc) is 2.56. The number of hydrogen-bond acceptors (Lipinski definition) is 7. The third-order valence-corrected chi connectivity index (χ3v) is 3.02. The standard InChI is InChI=1S/C13H20N7O2/c1-2-22-11(21)9-18-19-12(14)10-7-16-13(17-8-10)20-5-3-15-4-6-20/h7-8,15H,2-6,9H2,1H3,(H2,14,19)/q-1. The molecular weight excluding hydrogens is 286 g/mol. The summed E-state index contributed by atoms with van der Waals surface area (Å²) in [6, 6.07) is 0. The minimum Gasteiger partial charge on any atom is -0.591 e. The van der Waals surface area contributed by atoms with Gasteiger partial charge in [-0.25, -0.2) is 9.97 Å². The van der Waals surface area contributed by atoms with Crippen LogP contribution in [0, 0.1) is 0 Å². The van der Waals surface area contributed by atoms with Gasteiger partial charge in [0.15, 0.2) is 0 Å². The SMILES string of the molecule is CCOC(=O)C[N-]N=C(N)c1cnc(N2CCNCC2)nc1. The lowest BCUT2D eigenvalue weighted by Gasteiger charge is -2.27. The molecule has 0 aromatic carbocycles. The number of carbonyl (C=O) groups excluding carboxylic acids is 1. The number of piperazine rings is 1. The molecule has 0 radical (unpaired) electrons. The van der Waals surface area contributed by atoms with Crippen molar-refractivity contribution in [2.45, 2.75) is 6.92 Å². The summed E-state index contributed by atoms with van der Waals surface area (Å²) in [4.78, 5) is 21.8. The van der Waals surface area contributed by atoms with Crippen LogP contribution in [0.1, 0.15) is 12.5 Å². The summed E-state index contributed by atoms with van der Waals surface area (Å²) in [6.07, 6.45) is 3.20. The number of amidine groups is 1. The van der Waals surface area contributed by atoms with Crippen molar-refractivity contribution in [3.05, 3.63) is 23.4 Å². The monoisotopic (exact) mass is 306 g/mol. The zero-order chi connectivity index (χ0) is 15.8. The van der Waals surface area contributed by atoms with Crippen LogP contribution < -0.4 is 16.0 Å². The van der Waals surface area contributed by atoms with Crippen molar-refractivity contribution in [3.63, 3.8) is 0 Å². The van der Waals surface area contributed by atoms with Crippen molar-refractivity contribution in [1.29, 1.82) is 0 Å². The predicted molar refractivity (Wildman–Crippen MR) is 82.7 cm³/mol. The lowest BCUT2D eigenvalue weighted by molar-refractivity contribution is -0.140. The molecule has 9 heteroatoms. The van der Waals surface area contributed by atoms with Gasteiger partial charge in [-0.1, -0.05) is 0 Å². The average molecular weight is 306 g/mol. The molecule has 0 spiro atoms. The molecule has 2 heterocycles. The molecule has 120 valence electrons. The molecule has 9 nitrogen and oxygen atoms in total. The van der Waals surface area contributed by atoms with E-state index >= 15 is 0 Å². The third kappa shape index (κ3) is 4.55. The third-order valence-electron chi connectivity index (χ3n) is 3.02. The van der Waals surface area contributed by atoms with Gasteiger partial charge in [0.05, 0.1) is 12.2 Å². The second kappa shape index (κ2) is 8.13. The van der Waals surface area contributed by atoms with Gasteiger partial charge < -0.3 is 31.2 Å². The van der Waals surface area contributed by atoms with E-state index in [1.165, 1.54) is 0 Å². The molecule has 0 atom stereocenters. The Kier molecular flexibility index (Phi) is 5.90. The van der Waals surface area contributed by atoms with Gasteiger partial charge in [-0.3, -0.25) is 4.79 Å². The van der Waals surface area contributed by atoms with Gasteiger partial charge in [-0.15, -0.1) is 0 Å². The van der Waals surface area contributed by atoms with Gasteiger partial charge >= 0.3 is 0 Å². The summed E-state index contributed by atoms with van der Waals surface area (Å²) in [5.74, 6) is 0.391. The summed E-state index contributed by atoms with van der Waals surface area (Å²) in [5.41, 5.74) is 10.0. The Morgan fingerprint density at radius 1 is 1.45 bits per heavy atom. The summed E-state index contributed by atoms with van der Waals surface area (Å²) < 4.78 is 4.73. The minimum absolute atomic E-state index is 0.158. The normalized spacial score (nSPS) is 15.5. The van der Waals surface area contributed by atoms with Crippen molar-refractivity contribution < 1.29 is 9.53 Å². The van der Waals surface area contributed by atoms with E-state index in [4.69, 9.17) is 10.5 Å². The Morgan fingerprint density at radius 2 is 2.14 bits per heavy atom. The minimum atomic E-state index is -0.440. The number of hydrogen-bond donors (Lipinski definition) is 2. The lowest BCUT2D eigenvalue weighted by Crippen LogP contribution is -2.44. The van der Waals surface area contributed by atoms with E-state index in [0.29, 0.717) is 18.1 Å². The maximum absolute atomic E-state index is 11.1. The lowest BCUT2D eigenvalue weighted by atomic mass is 10.3. The fourth-order valence-corrected chi connectivity index (χ4v) is 1.92. The molecule has 2 rings (SSSR count). The van der Waals surface area contributed by atoms with E-state index in [1.54, 1.807) is 19.3 Å². The molecule has 0 bridgehead atoms. The largest absolute Gasteiger partial charge is 0.591 e. The molecule has 1 aromatic rings. The molecule has 1 aliphatic heterocycles. The number of nitrogens with one attached hydrogen (secondary N) is 1. The van der Waals surface area contributed by atoms with Crippen molar-refractivity contribution in [3.8, 4) is 0 Å². The number of rotatable bonds is 6. The second-order valence-corrected chi connectivity index (χ2v) is 4.60. The van der Waals surface area contributed by atoms with Crippen LogP contribution in [0.4, 0.5) is 5.95 Å². The maximum atomic E-state index is 11.1. The Labute approximate surface area is 128 Å². The number of aromatic nitrogens is 2. The summed E-state index contributed by atoms with van der Waals surface area (Å²) in [6.45, 7) is 5.47. The summed E-state index contributed by atoms with van der Waals surface area (Å²) in [7, 11) is 0. The van der Waals surface area contributed by atoms with Gasteiger partial charge in [0, 0.05) is 38.6 Å². The van der Waals surface area contributed by atoms with Crippen LogP contribution in [0.2, 0.25) is 0 Å². The molecule has 0 unspecified atom stereocenters. The quantitative estimate of drug-likeness (QED) is 0.313. The van der Waals surface area contributed by atoms with Crippen LogP contribution in [0.5, 0.6) is 0 Å². The highest BCUT2D eigenvalue weighted by atomic mass is 16.5. The summed E-state index contributed by atoms with van der Waals surface area (Å²) >= 11 is 0. The number of nitrogens with zero attached hydrogens (tertiary/aromatic N) is 5. The van der Waals surface area contributed by atoms with Crippen LogP contribution >= 0.6 is 0 Å². The van der Waals surface area contributed by atoms with Gasteiger partial charge in [0.25, 0.3) is 5.97 Å². The Balaban J connectivity index is 1.89. The van der Waals surface area contributed by atoms with Crippen LogP contribution in [0.25, 0.3) is 5.43 Å². The van der Waals surface area contributed by atoms with Crippen molar-refractivity contribution in [1.82, 2.24) is 15.3 Å². The predicted octanol–water partition coefficient (Wildman–Crippen LogP) is -0.557. The van der Waals surface area contributed by atoms with Crippen molar-refractivity contribution in [2.24, 2.45) is 10.8 Å². The van der Waals surface area contributed by atoms with Crippen molar-refractivity contribution >= 4 is 17.8 Å². The van der Waals surface area contributed by atoms with Crippen LogP contribution in [0.3, 0.4) is 0 Å². The van der Waals surface area contributed by atoms with E-state index < -0.39 is 5.97 Å². The molecule has 1 saturated heterocycles. The number of nitrogens with two attached hydrogens (primary N) is 1. The second-order valence-electron chi connectivity index (χ2n) is 4.60. The first-order valence-corrected chi connectivity index (χ1v) is 7.14. The molecule has 22 heavy (non-hydrogen) atoms. The first-order valence-electron chi connectivity index (χ1n) is 7.14. The highest BCUT2D eigenvalue weighted by Gasteiger charge is 2.12. The number of carbonyl (C=O) groups is 1. The maximum Gasteiger partial charge on any atom is 0.288 e. The van der Waals surface area contributed by atoms with Gasteiger partial charge in [0.1, 0.15) is 5.84 Å². The van der Waals surface area contributed by atoms with E-state index in [2.05, 4.69) is 30.7 Å². The van der Waals surface area contributed by atoms with Gasteiger partial charge in [0.2, 0.25) is 5.95 Å². The molecule has 1 aliphatic rings. The Hall–Kier alpha value is -2.42. The molecule has 1 aromatic heterocycles. The van der Waals surface area contributed by atoms with E-state index in [-0.39, 0.29) is 12.4 Å². The zero-order valence-corrected chi connectivity index (χ0v) is 12.5. The molecule has 0 amide bonds. The van der Waals surface area contributed by atoms with Gasteiger partial charge in [-0.05, 0) is 13.5 Å². The van der Waals surface area contributed by atoms with Crippen molar-refractivity contribution in [2.75, 3.05) is 44.2 Å². The van der Waals surface area contributed by atoms with Crippen LogP contribution in [-0.4, -0.2) is 61.1 Å². The van der Waals surface area contributed by atoms with E-state index in [9.17, 15) is 4.79 Å². The number of anilines is 1. The smallest absolute Gasteiger partial charge is 0.288 e. The molecular formula is C13H20N7O2-. The van der Waals surface area contributed by atoms with Crippen LogP contribution in [-0.2, 0) is 9.53 Å². The molecule has 3 N–H and O–H groups in total.